The Kier molecular flexibility index (Phi) is 8.72. The van der Waals surface area contributed by atoms with Crippen molar-refractivity contribution >= 4 is 11.9 Å². The zero-order valence-corrected chi connectivity index (χ0v) is 12.0. The maximum absolute atomic E-state index is 10.4. The lowest BCUT2D eigenvalue weighted by molar-refractivity contribution is 0.467. The molecule has 0 spiro atoms. The van der Waals surface area contributed by atoms with Crippen LogP contribution in [0.5, 0.6) is 0 Å². The molecule has 0 aromatic heterocycles. The molecule has 0 aliphatic carbocycles. The molecular weight excluding hydrogens is 232 g/mol. The summed E-state index contributed by atoms with van der Waals surface area (Å²) >= 11 is 1.71. The van der Waals surface area contributed by atoms with Crippen molar-refractivity contribution in [2.45, 2.75) is 27.2 Å². The van der Waals surface area contributed by atoms with Gasteiger partial charge in [0.1, 0.15) is 5.70 Å². The number of allylic oxidation sites excluding steroid dienone is 4. The van der Waals surface area contributed by atoms with Crippen molar-refractivity contribution < 1.29 is 0 Å². The molecule has 0 fully saturated rings. The van der Waals surface area contributed by atoms with Gasteiger partial charge in [0.05, 0.1) is 0 Å². The molecule has 0 amide bonds. The third kappa shape index (κ3) is 7.94. The summed E-state index contributed by atoms with van der Waals surface area (Å²) in [4.78, 5) is 11.6. The highest BCUT2D eigenvalue weighted by Gasteiger charge is 2.04. The molecule has 0 radical (unpaired) electrons. The summed E-state index contributed by atoms with van der Waals surface area (Å²) in [6.07, 6.45) is 6.03. The summed E-state index contributed by atoms with van der Waals surface area (Å²) in [5, 5.41) is 2.87. The van der Waals surface area contributed by atoms with Crippen LogP contribution in [-0.2, 0) is 0 Å². The molecule has 0 saturated heterocycles. The minimum Gasteiger partial charge on any atom is -0.249 e. The van der Waals surface area contributed by atoms with Gasteiger partial charge in [-0.25, -0.2) is 4.31 Å². The fourth-order valence-electron chi connectivity index (χ4n) is 1.28. The molecule has 0 bridgehead atoms. The van der Waals surface area contributed by atoms with E-state index in [-0.39, 0.29) is 0 Å². The average molecular weight is 254 g/mol. The highest BCUT2D eigenvalue weighted by atomic mass is 32.2. The van der Waals surface area contributed by atoms with E-state index in [2.05, 4.69) is 43.9 Å². The molecule has 0 rings (SSSR count). The first-order valence-electron chi connectivity index (χ1n) is 5.79. The molecule has 4 heteroatoms. The van der Waals surface area contributed by atoms with E-state index < -0.39 is 0 Å². The molecule has 3 nitrogen and oxygen atoms in total. The molecule has 96 valence electrons. The smallest absolute Gasteiger partial charge is 0.107 e. The van der Waals surface area contributed by atoms with Gasteiger partial charge in [0.25, 0.3) is 0 Å². The van der Waals surface area contributed by atoms with Crippen molar-refractivity contribution in [1.82, 2.24) is 4.31 Å². The minimum atomic E-state index is 0.364. The first-order chi connectivity index (χ1) is 8.03. The first-order valence-corrected chi connectivity index (χ1v) is 6.56. The summed E-state index contributed by atoms with van der Waals surface area (Å²) in [6.45, 7) is 11.0. The van der Waals surface area contributed by atoms with E-state index >= 15 is 0 Å². The zero-order valence-electron chi connectivity index (χ0n) is 11.1. The third-order valence-corrected chi connectivity index (χ3v) is 3.12. The predicted molar refractivity (Wildman–Crippen MR) is 77.5 cm³/mol. The topological polar surface area (TPSA) is 32.7 Å². The van der Waals surface area contributed by atoms with Crippen LogP contribution in [0.4, 0.5) is 0 Å². The van der Waals surface area contributed by atoms with Gasteiger partial charge in [-0.3, -0.25) is 0 Å². The number of hydrogen-bond donors (Lipinski definition) is 0. The van der Waals surface area contributed by atoms with E-state index in [0.29, 0.717) is 11.6 Å². The standard InChI is InChI=1S/C13H22N2OS/c1-6-12(14-16)8-9-13(7-2)17-15(5)10-11(3)4/h6,8-9,11H,1,7,10H2,2-5H3/b12-8+,13-9+. The lowest BCUT2D eigenvalue weighted by Crippen LogP contribution is -2.15. The highest BCUT2D eigenvalue weighted by Crippen LogP contribution is 2.23. The molecule has 0 atom stereocenters. The van der Waals surface area contributed by atoms with Gasteiger partial charge in [-0.2, -0.15) is 0 Å². The fourth-order valence-corrected chi connectivity index (χ4v) is 2.31. The molecule has 0 aliphatic rings. The lowest BCUT2D eigenvalue weighted by Gasteiger charge is -2.18. The SMILES string of the molecule is C=C/C(=C\C=C(/CC)SN(C)CC(C)C)N=O. The van der Waals surface area contributed by atoms with Gasteiger partial charge in [0.2, 0.25) is 0 Å². The van der Waals surface area contributed by atoms with E-state index in [1.54, 1.807) is 18.0 Å². The monoisotopic (exact) mass is 254 g/mol. The molecular formula is C13H22N2OS. The average Bonchev–Trinajstić information content (AvgIpc) is 2.27. The van der Waals surface area contributed by atoms with Crippen molar-refractivity contribution in [3.63, 3.8) is 0 Å². The summed E-state index contributed by atoms with van der Waals surface area (Å²) in [5.41, 5.74) is 0.364. The van der Waals surface area contributed by atoms with Crippen LogP contribution in [0.25, 0.3) is 0 Å². The predicted octanol–water partition coefficient (Wildman–Crippen LogP) is 4.35. The Balaban J connectivity index is 4.51. The fraction of sp³-hybridized carbons (Fsp3) is 0.538. The molecule has 0 saturated carbocycles. The van der Waals surface area contributed by atoms with E-state index in [1.165, 1.54) is 11.0 Å². The van der Waals surface area contributed by atoms with Gasteiger partial charge in [-0.15, -0.1) is 4.91 Å². The van der Waals surface area contributed by atoms with Crippen molar-refractivity contribution in [3.8, 4) is 0 Å². The Hall–Kier alpha value is -0.870. The van der Waals surface area contributed by atoms with E-state index in [4.69, 9.17) is 0 Å². The van der Waals surface area contributed by atoms with Crippen molar-refractivity contribution in [1.29, 1.82) is 0 Å². The van der Waals surface area contributed by atoms with Gasteiger partial charge in [0.15, 0.2) is 0 Å². The number of nitrogens with zero attached hydrogens (tertiary/aromatic N) is 2. The highest BCUT2D eigenvalue weighted by molar-refractivity contribution is 8.00. The van der Waals surface area contributed by atoms with Gasteiger partial charge >= 0.3 is 0 Å². The Labute approximate surface area is 109 Å². The molecule has 0 unspecified atom stereocenters. The molecule has 0 aliphatic heterocycles. The van der Waals surface area contributed by atoms with Crippen LogP contribution in [-0.4, -0.2) is 17.9 Å². The van der Waals surface area contributed by atoms with Crippen LogP contribution in [0.1, 0.15) is 27.2 Å². The second kappa shape index (κ2) is 9.19. The maximum atomic E-state index is 10.4. The lowest BCUT2D eigenvalue weighted by atomic mass is 10.2. The van der Waals surface area contributed by atoms with E-state index in [9.17, 15) is 4.91 Å². The first kappa shape index (κ1) is 16.1. The van der Waals surface area contributed by atoms with E-state index in [1.807, 2.05) is 6.08 Å². The normalized spacial score (nSPS) is 13.3. The quantitative estimate of drug-likeness (QED) is 0.367. The summed E-state index contributed by atoms with van der Waals surface area (Å²) < 4.78 is 2.20. The van der Waals surface area contributed by atoms with Crippen molar-refractivity contribution in [2.75, 3.05) is 13.6 Å². The third-order valence-electron chi connectivity index (χ3n) is 2.00. The molecule has 0 aromatic rings. The minimum absolute atomic E-state index is 0.364. The number of rotatable bonds is 8. The Morgan fingerprint density at radius 3 is 2.53 bits per heavy atom. The van der Waals surface area contributed by atoms with Crippen LogP contribution in [0.2, 0.25) is 0 Å². The van der Waals surface area contributed by atoms with Crippen LogP contribution in [0.3, 0.4) is 0 Å². The second-order valence-electron chi connectivity index (χ2n) is 4.17. The van der Waals surface area contributed by atoms with Crippen LogP contribution in [0.15, 0.2) is 40.6 Å². The van der Waals surface area contributed by atoms with Crippen molar-refractivity contribution in [2.24, 2.45) is 11.1 Å². The zero-order chi connectivity index (χ0) is 13.3. The Bertz CT molecular complexity index is 299. The summed E-state index contributed by atoms with van der Waals surface area (Å²) in [6, 6.07) is 0. The summed E-state index contributed by atoms with van der Waals surface area (Å²) in [7, 11) is 2.07. The summed E-state index contributed by atoms with van der Waals surface area (Å²) in [5.74, 6) is 0.640. The molecule has 0 heterocycles. The maximum Gasteiger partial charge on any atom is 0.107 e. The van der Waals surface area contributed by atoms with Crippen LogP contribution >= 0.6 is 11.9 Å². The number of hydrogen-bond acceptors (Lipinski definition) is 4. The van der Waals surface area contributed by atoms with Gasteiger partial charge in [0, 0.05) is 11.4 Å². The number of nitroso groups, excluding NO2 is 1. The van der Waals surface area contributed by atoms with Crippen LogP contribution in [0, 0.1) is 10.8 Å². The van der Waals surface area contributed by atoms with Crippen molar-refractivity contribution in [3.05, 3.63) is 40.3 Å². The second-order valence-corrected chi connectivity index (χ2v) is 5.50. The largest absolute Gasteiger partial charge is 0.249 e. The Morgan fingerprint density at radius 1 is 1.47 bits per heavy atom. The van der Waals surface area contributed by atoms with Gasteiger partial charge in [-0.05, 0) is 54.7 Å². The van der Waals surface area contributed by atoms with Gasteiger partial charge < -0.3 is 0 Å². The molecule has 17 heavy (non-hydrogen) atoms. The Morgan fingerprint density at radius 2 is 2.12 bits per heavy atom. The van der Waals surface area contributed by atoms with E-state index in [0.717, 1.165) is 13.0 Å². The molecule has 0 N–H and O–H groups in total. The van der Waals surface area contributed by atoms with Gasteiger partial charge in [-0.1, -0.05) is 27.4 Å². The molecule has 0 aromatic carbocycles. The van der Waals surface area contributed by atoms with Crippen LogP contribution < -0.4 is 0 Å².